The molecular formula is C53H54N4. The maximum atomic E-state index is 4.00. The number of nitrogens with two attached hydrogens (primary N) is 2. The zero-order chi connectivity index (χ0) is 40.0. The molecule has 7 aromatic carbocycles. The van der Waals surface area contributed by atoms with Crippen LogP contribution in [0.15, 0.2) is 188 Å². The Balaban J connectivity index is 0.000000442. The van der Waals surface area contributed by atoms with Crippen molar-refractivity contribution in [3.8, 4) is 16.8 Å². The van der Waals surface area contributed by atoms with Gasteiger partial charge in [0.25, 0.3) is 0 Å². The van der Waals surface area contributed by atoms with Gasteiger partial charge in [0, 0.05) is 39.1 Å². The Morgan fingerprint density at radius 2 is 1.07 bits per heavy atom. The molecule has 1 heterocycles. The summed E-state index contributed by atoms with van der Waals surface area (Å²) >= 11 is 0. The molecule has 5 N–H and O–H groups in total. The van der Waals surface area contributed by atoms with Gasteiger partial charge in [0.1, 0.15) is 0 Å². The van der Waals surface area contributed by atoms with Crippen molar-refractivity contribution in [1.29, 1.82) is 0 Å². The summed E-state index contributed by atoms with van der Waals surface area (Å²) in [5.41, 5.74) is 13.8. The molecule has 1 unspecified atom stereocenters. The van der Waals surface area contributed by atoms with E-state index in [9.17, 15) is 0 Å². The first-order chi connectivity index (χ1) is 28.2. The minimum absolute atomic E-state index is 0.341. The van der Waals surface area contributed by atoms with E-state index in [4.69, 9.17) is 0 Å². The summed E-state index contributed by atoms with van der Waals surface area (Å²) < 4.78 is 2.47. The first-order valence-corrected chi connectivity index (χ1v) is 20.0. The number of aryl methyl sites for hydroxylation is 1. The second-order valence-corrected chi connectivity index (χ2v) is 13.8. The molecule has 1 atom stereocenters. The zero-order valence-electron chi connectivity index (χ0n) is 33.6. The van der Waals surface area contributed by atoms with Gasteiger partial charge < -0.3 is 9.88 Å². The SMILES string of the molecule is CC.CC(c1ccccc1)c1ccc(-n2c3c(c4ccccc42)=C(c2ccccc2-c2ccccc2Nc2ccccc2)CCC=3)cc1.Cc1ccccc1.NN. The van der Waals surface area contributed by atoms with Gasteiger partial charge in [0.05, 0.1) is 10.9 Å². The van der Waals surface area contributed by atoms with E-state index in [0.717, 1.165) is 24.2 Å². The van der Waals surface area contributed by atoms with Crippen molar-refractivity contribution in [2.75, 3.05) is 5.32 Å². The smallest absolute Gasteiger partial charge is 0.0541 e. The predicted octanol–water partition coefficient (Wildman–Crippen LogP) is 11.8. The molecule has 1 aromatic heterocycles. The molecule has 4 heteroatoms. The summed E-state index contributed by atoms with van der Waals surface area (Å²) in [6.45, 7) is 8.37. The summed E-state index contributed by atoms with van der Waals surface area (Å²) in [5, 5.41) is 7.62. The molecule has 4 nitrogen and oxygen atoms in total. The van der Waals surface area contributed by atoms with Crippen LogP contribution in [0.5, 0.6) is 0 Å². The van der Waals surface area contributed by atoms with Crippen LogP contribution in [0, 0.1) is 6.92 Å². The largest absolute Gasteiger partial charge is 0.355 e. The van der Waals surface area contributed by atoms with Gasteiger partial charge in [-0.05, 0) is 84.0 Å². The number of nitrogens with zero attached hydrogens (tertiary/aromatic N) is 1. The van der Waals surface area contributed by atoms with Gasteiger partial charge in [-0.25, -0.2) is 0 Å². The molecule has 57 heavy (non-hydrogen) atoms. The summed E-state index contributed by atoms with van der Waals surface area (Å²) in [7, 11) is 0. The summed E-state index contributed by atoms with van der Waals surface area (Å²) in [5.74, 6) is 8.34. The van der Waals surface area contributed by atoms with Crippen molar-refractivity contribution in [1.82, 2.24) is 4.57 Å². The highest BCUT2D eigenvalue weighted by Crippen LogP contribution is 2.36. The number of benzene rings is 7. The van der Waals surface area contributed by atoms with E-state index in [1.807, 2.05) is 32.0 Å². The number of rotatable bonds is 7. The molecule has 1 aliphatic rings. The van der Waals surface area contributed by atoms with E-state index in [2.05, 4.69) is 211 Å². The number of hydrogen-bond acceptors (Lipinski definition) is 3. The zero-order valence-corrected chi connectivity index (χ0v) is 33.6. The van der Waals surface area contributed by atoms with Crippen LogP contribution in [-0.2, 0) is 0 Å². The summed E-state index contributed by atoms with van der Waals surface area (Å²) in [6, 6.07) is 67.1. The normalized spacial score (nSPS) is 11.9. The fourth-order valence-electron chi connectivity index (χ4n) is 7.66. The highest BCUT2D eigenvalue weighted by Gasteiger charge is 2.20. The lowest BCUT2D eigenvalue weighted by Gasteiger charge is -2.18. The molecule has 286 valence electrons. The van der Waals surface area contributed by atoms with Gasteiger partial charge in [-0.15, -0.1) is 0 Å². The van der Waals surface area contributed by atoms with Crippen LogP contribution >= 0.6 is 0 Å². The van der Waals surface area contributed by atoms with Gasteiger partial charge in [-0.1, -0.05) is 184 Å². The lowest BCUT2D eigenvalue weighted by molar-refractivity contribution is 0.919. The maximum absolute atomic E-state index is 4.00. The van der Waals surface area contributed by atoms with E-state index in [0.29, 0.717) is 5.92 Å². The number of hydrazine groups is 1. The van der Waals surface area contributed by atoms with Crippen LogP contribution in [0.3, 0.4) is 0 Å². The van der Waals surface area contributed by atoms with Crippen molar-refractivity contribution in [2.24, 2.45) is 11.7 Å². The van der Waals surface area contributed by atoms with Crippen molar-refractivity contribution in [2.45, 2.75) is 46.5 Å². The van der Waals surface area contributed by atoms with E-state index >= 15 is 0 Å². The highest BCUT2D eigenvalue weighted by atomic mass is 15.0. The molecule has 9 rings (SSSR count). The Labute approximate surface area is 338 Å². The third-order valence-corrected chi connectivity index (χ3v) is 10.4. The average Bonchev–Trinajstić information content (AvgIpc) is 3.64. The lowest BCUT2D eigenvalue weighted by Crippen LogP contribution is -2.33. The molecule has 0 spiro atoms. The van der Waals surface area contributed by atoms with Gasteiger partial charge >= 0.3 is 0 Å². The number of aromatic nitrogens is 1. The van der Waals surface area contributed by atoms with Crippen molar-refractivity contribution >= 4 is 33.9 Å². The monoisotopic (exact) mass is 746 g/mol. The second-order valence-electron chi connectivity index (χ2n) is 13.8. The van der Waals surface area contributed by atoms with Crippen LogP contribution in [0.1, 0.15) is 61.8 Å². The molecule has 0 radical (unpaired) electrons. The van der Waals surface area contributed by atoms with Gasteiger partial charge in [0.15, 0.2) is 0 Å². The number of nitrogens with one attached hydrogen (secondary N) is 1. The quantitative estimate of drug-likeness (QED) is 0.112. The molecule has 0 bridgehead atoms. The van der Waals surface area contributed by atoms with Crippen LogP contribution in [0.2, 0.25) is 0 Å². The Morgan fingerprint density at radius 1 is 0.544 bits per heavy atom. The summed E-state index contributed by atoms with van der Waals surface area (Å²) in [4.78, 5) is 0. The Bertz CT molecular complexity index is 2590. The van der Waals surface area contributed by atoms with E-state index in [1.165, 1.54) is 66.1 Å². The molecular weight excluding hydrogens is 693 g/mol. The number of hydrogen-bond donors (Lipinski definition) is 3. The Hall–Kier alpha value is -6.46. The van der Waals surface area contributed by atoms with E-state index < -0.39 is 0 Å². The van der Waals surface area contributed by atoms with Crippen LogP contribution < -0.4 is 27.6 Å². The Morgan fingerprint density at radius 3 is 1.72 bits per heavy atom. The summed E-state index contributed by atoms with van der Waals surface area (Å²) in [6.07, 6.45) is 4.44. The third kappa shape index (κ3) is 9.16. The number of para-hydroxylation sites is 3. The van der Waals surface area contributed by atoms with E-state index in [1.54, 1.807) is 0 Å². The second kappa shape index (κ2) is 19.9. The topological polar surface area (TPSA) is 69.0 Å². The molecule has 8 aromatic rings. The fourth-order valence-corrected chi connectivity index (χ4v) is 7.66. The standard InChI is InChI=1S/C44H36N2.C7H8.C2H6.H4N2/c1-31(32-15-4-2-5-16-32)33-27-29-35(30-28-33)46-42-25-13-11-22-40(42)44-39(23-14-26-43(44)46)37-20-9-8-19-36(37)38-21-10-12-24-41(38)45-34-17-6-3-7-18-34;1-7-5-3-2-4-6-7;2*1-2/h2-13,15-22,24-31,45H,14,23H2,1H3;2-6H,1H3;1-2H3;1-2H2. The minimum atomic E-state index is 0.341. The average molecular weight is 747 g/mol. The Kier molecular flexibility index (Phi) is 14.1. The van der Waals surface area contributed by atoms with Gasteiger partial charge in [-0.3, -0.25) is 11.7 Å². The molecule has 1 aliphatic carbocycles. The highest BCUT2D eigenvalue weighted by molar-refractivity contribution is 5.93. The molecule has 0 fully saturated rings. The number of anilines is 2. The molecule has 0 amide bonds. The molecule has 0 aliphatic heterocycles. The predicted molar refractivity (Wildman–Crippen MR) is 245 cm³/mol. The lowest BCUT2D eigenvalue weighted by atomic mass is 9.88. The van der Waals surface area contributed by atoms with E-state index in [-0.39, 0.29) is 0 Å². The van der Waals surface area contributed by atoms with Crippen molar-refractivity contribution < 1.29 is 0 Å². The van der Waals surface area contributed by atoms with Crippen LogP contribution in [0.25, 0.3) is 39.4 Å². The van der Waals surface area contributed by atoms with Crippen LogP contribution in [0.4, 0.5) is 11.4 Å². The fraction of sp³-hybridized carbons (Fsp3) is 0.132. The van der Waals surface area contributed by atoms with Gasteiger partial charge in [-0.2, -0.15) is 0 Å². The van der Waals surface area contributed by atoms with Crippen molar-refractivity contribution in [3.63, 3.8) is 0 Å². The number of fused-ring (bicyclic) bond motifs is 3. The maximum Gasteiger partial charge on any atom is 0.0541 e. The molecule has 0 saturated heterocycles. The molecule has 0 saturated carbocycles. The van der Waals surface area contributed by atoms with Crippen molar-refractivity contribution in [3.05, 3.63) is 221 Å². The first kappa shape index (κ1) is 40.2. The van der Waals surface area contributed by atoms with Crippen LogP contribution in [-0.4, -0.2) is 4.57 Å². The third-order valence-electron chi connectivity index (χ3n) is 10.4. The first-order valence-electron chi connectivity index (χ1n) is 20.0. The minimum Gasteiger partial charge on any atom is -0.355 e. The van der Waals surface area contributed by atoms with Gasteiger partial charge in [0.2, 0.25) is 0 Å².